The lowest BCUT2D eigenvalue weighted by Gasteiger charge is -2.10. The number of esters is 1. The predicted molar refractivity (Wildman–Crippen MR) is 72.3 cm³/mol. The van der Waals surface area contributed by atoms with Gasteiger partial charge in [0, 0.05) is 11.4 Å². The molecule has 0 N–H and O–H groups in total. The summed E-state index contributed by atoms with van der Waals surface area (Å²) >= 11 is 0. The maximum Gasteiger partial charge on any atom is 0.311 e. The Balaban J connectivity index is 2.18. The summed E-state index contributed by atoms with van der Waals surface area (Å²) in [5, 5.41) is 5.27. The third-order valence-corrected chi connectivity index (χ3v) is 2.65. The summed E-state index contributed by atoms with van der Waals surface area (Å²) in [6.07, 6.45) is 0.107. The van der Waals surface area contributed by atoms with E-state index in [2.05, 4.69) is 15.1 Å². The van der Waals surface area contributed by atoms with Crippen molar-refractivity contribution in [3.8, 4) is 0 Å². The van der Waals surface area contributed by atoms with Crippen molar-refractivity contribution in [2.45, 2.75) is 33.6 Å². The number of hydrazone groups is 1. The van der Waals surface area contributed by atoms with Gasteiger partial charge in [-0.1, -0.05) is 0 Å². The monoisotopic (exact) mass is 276 g/mol. The summed E-state index contributed by atoms with van der Waals surface area (Å²) in [5.74, 6) is -0.386. The SMILES string of the molecule is CCOC(=O)CC1=NN(c2nc(C)cc(C)n2)C(=O)C1. The van der Waals surface area contributed by atoms with Gasteiger partial charge in [0.05, 0.1) is 25.2 Å². The summed E-state index contributed by atoms with van der Waals surface area (Å²) in [6, 6.07) is 1.81. The Hall–Kier alpha value is -2.31. The first-order chi connectivity index (χ1) is 9.49. The summed E-state index contributed by atoms with van der Waals surface area (Å²) in [6.45, 7) is 5.68. The highest BCUT2D eigenvalue weighted by molar-refractivity contribution is 6.16. The van der Waals surface area contributed by atoms with Gasteiger partial charge in [-0.3, -0.25) is 9.59 Å². The minimum Gasteiger partial charge on any atom is -0.466 e. The fraction of sp³-hybridized carbons (Fsp3) is 0.462. The second-order valence-corrected chi connectivity index (χ2v) is 4.48. The number of amides is 1. The predicted octanol–water partition coefficient (Wildman–Crippen LogP) is 1.14. The van der Waals surface area contributed by atoms with Crippen LogP contribution < -0.4 is 5.01 Å². The van der Waals surface area contributed by atoms with Crippen LogP contribution in [0.3, 0.4) is 0 Å². The minimum absolute atomic E-state index is 0.0148. The van der Waals surface area contributed by atoms with E-state index >= 15 is 0 Å². The number of hydrogen-bond donors (Lipinski definition) is 0. The second-order valence-electron chi connectivity index (χ2n) is 4.48. The average Bonchev–Trinajstić information content (AvgIpc) is 2.69. The lowest BCUT2D eigenvalue weighted by atomic mass is 10.2. The van der Waals surface area contributed by atoms with E-state index in [1.54, 1.807) is 6.92 Å². The summed E-state index contributed by atoms with van der Waals surface area (Å²) in [5.41, 5.74) is 1.99. The van der Waals surface area contributed by atoms with Gasteiger partial charge >= 0.3 is 5.97 Å². The van der Waals surface area contributed by atoms with E-state index < -0.39 is 0 Å². The van der Waals surface area contributed by atoms with Gasteiger partial charge in [0.2, 0.25) is 0 Å². The van der Waals surface area contributed by atoms with Crippen LogP contribution in [0, 0.1) is 13.8 Å². The maximum absolute atomic E-state index is 11.9. The molecule has 0 fully saturated rings. The van der Waals surface area contributed by atoms with Gasteiger partial charge in [0.1, 0.15) is 0 Å². The molecule has 1 aromatic rings. The number of carbonyl (C=O) groups excluding carboxylic acids is 2. The van der Waals surface area contributed by atoms with Crippen LogP contribution in [0.5, 0.6) is 0 Å². The molecule has 2 rings (SSSR count). The Bertz CT molecular complexity index is 563. The number of anilines is 1. The molecule has 1 amide bonds. The number of rotatable bonds is 4. The van der Waals surface area contributed by atoms with E-state index in [0.717, 1.165) is 16.4 Å². The standard InChI is InChI=1S/C13H16N4O3/c1-4-20-12(19)7-10-6-11(18)17(16-10)13-14-8(2)5-9(3)15-13/h5H,4,6-7H2,1-3H3. The molecule has 7 nitrogen and oxygen atoms in total. The van der Waals surface area contributed by atoms with Crippen LogP contribution in [0.25, 0.3) is 0 Å². The first-order valence-corrected chi connectivity index (χ1v) is 6.36. The van der Waals surface area contributed by atoms with Gasteiger partial charge < -0.3 is 4.74 Å². The Morgan fingerprint density at radius 1 is 1.35 bits per heavy atom. The third-order valence-electron chi connectivity index (χ3n) is 2.65. The lowest BCUT2D eigenvalue weighted by Crippen LogP contribution is -2.22. The average molecular weight is 276 g/mol. The zero-order valence-electron chi connectivity index (χ0n) is 11.7. The lowest BCUT2D eigenvalue weighted by molar-refractivity contribution is -0.141. The van der Waals surface area contributed by atoms with E-state index in [1.165, 1.54) is 0 Å². The minimum atomic E-state index is -0.387. The molecule has 1 aromatic heterocycles. The first-order valence-electron chi connectivity index (χ1n) is 6.36. The molecule has 0 bridgehead atoms. The van der Waals surface area contributed by atoms with Crippen molar-refractivity contribution in [3.63, 3.8) is 0 Å². The van der Waals surface area contributed by atoms with E-state index in [4.69, 9.17) is 4.74 Å². The van der Waals surface area contributed by atoms with Crippen molar-refractivity contribution in [1.29, 1.82) is 0 Å². The molecular weight excluding hydrogens is 260 g/mol. The summed E-state index contributed by atoms with van der Waals surface area (Å²) in [7, 11) is 0. The molecule has 0 spiro atoms. The van der Waals surface area contributed by atoms with E-state index in [0.29, 0.717) is 12.3 Å². The third kappa shape index (κ3) is 3.17. The van der Waals surface area contributed by atoms with Crippen molar-refractivity contribution >= 4 is 23.5 Å². The van der Waals surface area contributed by atoms with Crippen molar-refractivity contribution in [2.75, 3.05) is 11.6 Å². The molecule has 0 atom stereocenters. The Morgan fingerprint density at radius 2 is 2.00 bits per heavy atom. The second kappa shape index (κ2) is 5.77. The van der Waals surface area contributed by atoms with E-state index in [1.807, 2.05) is 19.9 Å². The Morgan fingerprint density at radius 3 is 2.60 bits per heavy atom. The summed E-state index contributed by atoms with van der Waals surface area (Å²) in [4.78, 5) is 31.7. The van der Waals surface area contributed by atoms with Crippen LogP contribution in [-0.4, -0.2) is 34.2 Å². The van der Waals surface area contributed by atoms with Gasteiger partial charge in [-0.05, 0) is 26.8 Å². The molecule has 1 aliphatic heterocycles. The Labute approximate surface area is 116 Å². The van der Waals surface area contributed by atoms with E-state index in [-0.39, 0.29) is 30.7 Å². The first kappa shape index (κ1) is 14.1. The fourth-order valence-corrected chi connectivity index (χ4v) is 1.92. The fourth-order valence-electron chi connectivity index (χ4n) is 1.92. The van der Waals surface area contributed by atoms with Crippen molar-refractivity contribution in [3.05, 3.63) is 17.5 Å². The van der Waals surface area contributed by atoms with Gasteiger partial charge in [0.25, 0.3) is 11.9 Å². The quantitative estimate of drug-likeness (QED) is 0.770. The highest BCUT2D eigenvalue weighted by atomic mass is 16.5. The molecule has 0 radical (unpaired) electrons. The number of carbonyl (C=O) groups is 2. The van der Waals surface area contributed by atoms with Crippen LogP contribution in [-0.2, 0) is 14.3 Å². The van der Waals surface area contributed by atoms with Gasteiger partial charge in [-0.2, -0.15) is 10.1 Å². The van der Waals surface area contributed by atoms with Crippen LogP contribution in [0.15, 0.2) is 11.2 Å². The molecule has 1 aliphatic rings. The number of nitrogens with zero attached hydrogens (tertiary/aromatic N) is 4. The van der Waals surface area contributed by atoms with Crippen LogP contribution in [0.2, 0.25) is 0 Å². The van der Waals surface area contributed by atoms with Gasteiger partial charge in [0.15, 0.2) is 0 Å². The van der Waals surface area contributed by atoms with Gasteiger partial charge in [-0.15, -0.1) is 0 Å². The molecule has 7 heteroatoms. The molecule has 0 saturated heterocycles. The number of ether oxygens (including phenoxy) is 1. The normalized spacial score (nSPS) is 14.4. The van der Waals surface area contributed by atoms with Crippen molar-refractivity contribution in [1.82, 2.24) is 9.97 Å². The molecule has 20 heavy (non-hydrogen) atoms. The molecule has 0 aliphatic carbocycles. The zero-order chi connectivity index (χ0) is 14.7. The molecular formula is C13H16N4O3. The highest BCUT2D eigenvalue weighted by Gasteiger charge is 2.28. The smallest absolute Gasteiger partial charge is 0.311 e. The van der Waals surface area contributed by atoms with Crippen molar-refractivity contribution < 1.29 is 14.3 Å². The largest absolute Gasteiger partial charge is 0.466 e. The van der Waals surface area contributed by atoms with Crippen molar-refractivity contribution in [2.24, 2.45) is 5.10 Å². The molecule has 2 heterocycles. The number of aryl methyl sites for hydroxylation is 2. The topological polar surface area (TPSA) is 84.8 Å². The maximum atomic E-state index is 11.9. The van der Waals surface area contributed by atoms with Crippen LogP contribution in [0.4, 0.5) is 5.95 Å². The molecule has 0 unspecified atom stereocenters. The highest BCUT2D eigenvalue weighted by Crippen LogP contribution is 2.18. The Kier molecular flexibility index (Phi) is 4.07. The van der Waals surface area contributed by atoms with Crippen LogP contribution >= 0.6 is 0 Å². The van der Waals surface area contributed by atoms with E-state index in [9.17, 15) is 9.59 Å². The number of hydrogen-bond acceptors (Lipinski definition) is 6. The molecule has 0 aromatic carbocycles. The summed E-state index contributed by atoms with van der Waals surface area (Å²) < 4.78 is 4.84. The van der Waals surface area contributed by atoms with Gasteiger partial charge in [-0.25, -0.2) is 9.97 Å². The number of aromatic nitrogens is 2. The zero-order valence-corrected chi connectivity index (χ0v) is 11.7. The molecule has 106 valence electrons. The molecule has 0 saturated carbocycles. The van der Waals surface area contributed by atoms with Crippen LogP contribution in [0.1, 0.15) is 31.2 Å².